The van der Waals surface area contributed by atoms with Crippen molar-refractivity contribution in [1.29, 1.82) is 0 Å². The summed E-state index contributed by atoms with van der Waals surface area (Å²) in [5.74, 6) is 0. The first-order valence-electron chi connectivity index (χ1n) is 16.4. The molecular formula is C45H36N2. The Labute approximate surface area is 276 Å². The number of hydrogen-bond donors (Lipinski definition) is 0. The number of fused-ring (bicyclic) bond motifs is 5. The first-order chi connectivity index (χ1) is 23.2. The molecule has 2 nitrogen and oxygen atoms in total. The van der Waals surface area contributed by atoms with Crippen LogP contribution in [0, 0.1) is 6.92 Å². The second kappa shape index (κ2) is 12.2. The molecule has 0 atom stereocenters. The van der Waals surface area contributed by atoms with E-state index in [9.17, 15) is 0 Å². The Kier molecular flexibility index (Phi) is 7.39. The quantitative estimate of drug-likeness (QED) is 0.167. The zero-order valence-corrected chi connectivity index (χ0v) is 26.8. The van der Waals surface area contributed by atoms with Gasteiger partial charge in [0, 0.05) is 33.5 Å². The molecule has 0 aliphatic rings. The van der Waals surface area contributed by atoms with Gasteiger partial charge in [-0.1, -0.05) is 122 Å². The first-order valence-corrected chi connectivity index (χ1v) is 16.4. The maximum absolute atomic E-state index is 2.41. The molecule has 8 aromatic carbocycles. The van der Waals surface area contributed by atoms with E-state index < -0.39 is 0 Å². The first kappa shape index (κ1) is 28.6. The molecule has 8 rings (SSSR count). The van der Waals surface area contributed by atoms with Gasteiger partial charge in [0.1, 0.15) is 0 Å². The van der Waals surface area contributed by atoms with Gasteiger partial charge in [-0.3, -0.25) is 0 Å². The molecule has 0 aliphatic carbocycles. The SMILES string of the molecule is CCc1ccc(N(c2ccccc2)c2cc3c4ccccc4c(N(c4ccccc4)c4ccc(C)cc4)cc3c3ccccc23)cc1. The third-order valence-corrected chi connectivity index (χ3v) is 9.24. The second-order valence-electron chi connectivity index (χ2n) is 12.2. The van der Waals surface area contributed by atoms with Gasteiger partial charge in [-0.15, -0.1) is 0 Å². The fourth-order valence-electron chi connectivity index (χ4n) is 6.87. The highest BCUT2D eigenvalue weighted by Crippen LogP contribution is 2.47. The van der Waals surface area contributed by atoms with Gasteiger partial charge in [0.05, 0.1) is 11.4 Å². The van der Waals surface area contributed by atoms with Crippen LogP contribution in [0.15, 0.2) is 170 Å². The van der Waals surface area contributed by atoms with Gasteiger partial charge in [0.15, 0.2) is 0 Å². The van der Waals surface area contributed by atoms with Gasteiger partial charge in [0.2, 0.25) is 0 Å². The van der Waals surface area contributed by atoms with Crippen molar-refractivity contribution in [1.82, 2.24) is 0 Å². The molecule has 8 aromatic rings. The molecule has 0 spiro atoms. The topological polar surface area (TPSA) is 6.48 Å². The molecular weight excluding hydrogens is 569 g/mol. The van der Waals surface area contributed by atoms with Crippen LogP contribution in [0.25, 0.3) is 32.3 Å². The molecule has 0 saturated heterocycles. The molecule has 0 amide bonds. The molecule has 0 N–H and O–H groups in total. The largest absolute Gasteiger partial charge is 0.310 e. The molecule has 0 bridgehead atoms. The zero-order chi connectivity index (χ0) is 31.7. The maximum atomic E-state index is 2.41. The average molecular weight is 605 g/mol. The van der Waals surface area contributed by atoms with Crippen LogP contribution in [0.1, 0.15) is 18.1 Å². The fourth-order valence-corrected chi connectivity index (χ4v) is 6.87. The van der Waals surface area contributed by atoms with Crippen molar-refractivity contribution in [3.8, 4) is 0 Å². The number of para-hydroxylation sites is 2. The summed E-state index contributed by atoms with van der Waals surface area (Å²) in [7, 11) is 0. The summed E-state index contributed by atoms with van der Waals surface area (Å²) in [6, 6.07) is 61.8. The van der Waals surface area contributed by atoms with Gasteiger partial charge in [-0.05, 0) is 101 Å². The third kappa shape index (κ3) is 5.18. The summed E-state index contributed by atoms with van der Waals surface area (Å²) < 4.78 is 0. The van der Waals surface area contributed by atoms with Crippen molar-refractivity contribution in [3.63, 3.8) is 0 Å². The third-order valence-electron chi connectivity index (χ3n) is 9.24. The molecule has 0 heterocycles. The Morgan fingerprint density at radius 1 is 0.362 bits per heavy atom. The van der Waals surface area contributed by atoms with Crippen molar-refractivity contribution < 1.29 is 0 Å². The van der Waals surface area contributed by atoms with E-state index in [4.69, 9.17) is 0 Å². The van der Waals surface area contributed by atoms with Crippen molar-refractivity contribution in [3.05, 3.63) is 181 Å². The number of nitrogens with zero attached hydrogens (tertiary/aromatic N) is 2. The minimum atomic E-state index is 1.02. The lowest BCUT2D eigenvalue weighted by Crippen LogP contribution is -2.12. The van der Waals surface area contributed by atoms with Crippen molar-refractivity contribution >= 4 is 66.4 Å². The van der Waals surface area contributed by atoms with Crippen LogP contribution in [0.2, 0.25) is 0 Å². The number of hydrogen-bond acceptors (Lipinski definition) is 2. The lowest BCUT2D eigenvalue weighted by atomic mass is 9.93. The molecule has 0 fully saturated rings. The zero-order valence-electron chi connectivity index (χ0n) is 26.8. The Balaban J connectivity index is 1.45. The summed E-state index contributed by atoms with van der Waals surface area (Å²) in [5, 5.41) is 7.36. The molecule has 0 radical (unpaired) electrons. The highest BCUT2D eigenvalue weighted by molar-refractivity contribution is 6.24. The van der Waals surface area contributed by atoms with Crippen LogP contribution in [-0.2, 0) is 6.42 Å². The Bertz CT molecular complexity index is 2320. The summed E-state index contributed by atoms with van der Waals surface area (Å²) in [4.78, 5) is 4.81. The van der Waals surface area contributed by atoms with Gasteiger partial charge < -0.3 is 9.80 Å². The smallest absolute Gasteiger partial charge is 0.0546 e. The van der Waals surface area contributed by atoms with Crippen molar-refractivity contribution in [2.45, 2.75) is 20.3 Å². The van der Waals surface area contributed by atoms with E-state index in [0.717, 1.165) is 34.9 Å². The van der Waals surface area contributed by atoms with Crippen LogP contribution in [0.4, 0.5) is 34.1 Å². The fraction of sp³-hybridized carbons (Fsp3) is 0.0667. The highest BCUT2D eigenvalue weighted by Gasteiger charge is 2.21. The number of benzene rings is 8. The summed E-state index contributed by atoms with van der Waals surface area (Å²) in [6.45, 7) is 4.35. The lowest BCUT2D eigenvalue weighted by Gasteiger charge is -2.30. The summed E-state index contributed by atoms with van der Waals surface area (Å²) >= 11 is 0. The van der Waals surface area contributed by atoms with E-state index in [-0.39, 0.29) is 0 Å². The molecule has 0 aromatic heterocycles. The lowest BCUT2D eigenvalue weighted by molar-refractivity contribution is 1.14. The number of rotatable bonds is 7. The normalized spacial score (nSPS) is 11.3. The molecule has 0 saturated carbocycles. The van der Waals surface area contributed by atoms with Crippen molar-refractivity contribution in [2.75, 3.05) is 9.80 Å². The van der Waals surface area contributed by atoms with Crippen LogP contribution >= 0.6 is 0 Å². The van der Waals surface area contributed by atoms with Gasteiger partial charge in [0.25, 0.3) is 0 Å². The number of aryl methyl sites for hydroxylation is 2. The van der Waals surface area contributed by atoms with E-state index in [1.807, 2.05) is 0 Å². The van der Waals surface area contributed by atoms with Crippen LogP contribution in [0.5, 0.6) is 0 Å². The van der Waals surface area contributed by atoms with Gasteiger partial charge in [-0.25, -0.2) is 0 Å². The predicted molar refractivity (Wildman–Crippen MR) is 202 cm³/mol. The Morgan fingerprint density at radius 3 is 1.15 bits per heavy atom. The van der Waals surface area contributed by atoms with E-state index in [0.29, 0.717) is 0 Å². The van der Waals surface area contributed by atoms with E-state index in [1.165, 1.54) is 49.1 Å². The number of anilines is 6. The van der Waals surface area contributed by atoms with Crippen LogP contribution in [0.3, 0.4) is 0 Å². The Morgan fingerprint density at radius 2 is 0.723 bits per heavy atom. The minimum Gasteiger partial charge on any atom is -0.310 e. The highest BCUT2D eigenvalue weighted by atomic mass is 15.1. The summed E-state index contributed by atoms with van der Waals surface area (Å²) in [5.41, 5.74) is 9.46. The van der Waals surface area contributed by atoms with Crippen LogP contribution < -0.4 is 9.80 Å². The maximum Gasteiger partial charge on any atom is 0.0546 e. The van der Waals surface area contributed by atoms with E-state index in [2.05, 4.69) is 194 Å². The molecule has 2 heteroatoms. The minimum absolute atomic E-state index is 1.02. The second-order valence-corrected chi connectivity index (χ2v) is 12.2. The van der Waals surface area contributed by atoms with Gasteiger partial charge >= 0.3 is 0 Å². The van der Waals surface area contributed by atoms with Crippen LogP contribution in [-0.4, -0.2) is 0 Å². The predicted octanol–water partition coefficient (Wildman–Crippen LogP) is 13.0. The monoisotopic (exact) mass is 604 g/mol. The Hall–Kier alpha value is -5.86. The summed E-state index contributed by atoms with van der Waals surface area (Å²) in [6.07, 6.45) is 1.02. The standard InChI is InChI=1S/C45H36N2/c1-3-33-24-28-37(29-25-33)47(35-16-8-5-9-17-35)45-31-43-38-18-10-12-20-40(38)44(30-42(43)39-19-11-13-21-41(39)45)46(34-14-6-4-7-15-34)36-26-22-32(2)23-27-36/h4-31H,3H2,1-2H3. The van der Waals surface area contributed by atoms with Crippen molar-refractivity contribution in [2.24, 2.45) is 0 Å². The molecule has 0 aliphatic heterocycles. The average Bonchev–Trinajstić information content (AvgIpc) is 3.14. The van der Waals surface area contributed by atoms with Gasteiger partial charge in [-0.2, -0.15) is 0 Å². The molecule has 0 unspecified atom stereocenters. The van der Waals surface area contributed by atoms with E-state index in [1.54, 1.807) is 0 Å². The molecule has 47 heavy (non-hydrogen) atoms. The van der Waals surface area contributed by atoms with E-state index >= 15 is 0 Å². The molecule has 226 valence electrons.